The van der Waals surface area contributed by atoms with Crippen LogP contribution >= 0.6 is 11.6 Å². The fraction of sp³-hybridized carbons (Fsp3) is 0.538. The van der Waals surface area contributed by atoms with E-state index in [1.165, 1.54) is 13.0 Å². The molecule has 1 amide bonds. The second kappa shape index (κ2) is 11.3. The Kier molecular flexibility index (Phi) is 8.77. The summed E-state index contributed by atoms with van der Waals surface area (Å²) in [6.45, 7) is 4.69. The SMILES string of the molecule is Cc1cc(C(F)(F)F)c(CNC(=O)c2cc(Cl)cc(NC(C)C3CCC(N(C)C)CC3)c2C)c(=O)[nH]1. The van der Waals surface area contributed by atoms with Crippen LogP contribution in [0.3, 0.4) is 0 Å². The summed E-state index contributed by atoms with van der Waals surface area (Å²) in [5, 5.41) is 6.30. The van der Waals surface area contributed by atoms with Crippen LogP contribution in [0.2, 0.25) is 5.02 Å². The average molecular weight is 527 g/mol. The number of aryl methyl sites for hydroxylation is 1. The number of hydrogen-bond donors (Lipinski definition) is 3. The van der Waals surface area contributed by atoms with Gasteiger partial charge in [0.25, 0.3) is 11.5 Å². The first-order valence-electron chi connectivity index (χ1n) is 12.1. The number of nitrogens with one attached hydrogen (secondary N) is 3. The molecule has 1 aliphatic carbocycles. The van der Waals surface area contributed by atoms with Gasteiger partial charge in [0.2, 0.25) is 0 Å². The molecule has 2 aromatic rings. The molecule has 0 aliphatic heterocycles. The van der Waals surface area contributed by atoms with E-state index in [-0.39, 0.29) is 17.3 Å². The maximum absolute atomic E-state index is 13.5. The van der Waals surface area contributed by atoms with Crippen LogP contribution < -0.4 is 16.2 Å². The van der Waals surface area contributed by atoms with Gasteiger partial charge in [-0.05, 0) is 90.2 Å². The normalized spacial score (nSPS) is 19.3. The van der Waals surface area contributed by atoms with E-state index < -0.39 is 35.3 Å². The third-order valence-electron chi connectivity index (χ3n) is 7.18. The quantitative estimate of drug-likeness (QED) is 0.444. The Hall–Kier alpha value is -2.52. The van der Waals surface area contributed by atoms with E-state index in [2.05, 4.69) is 41.5 Å². The smallest absolute Gasteiger partial charge is 0.382 e. The number of aromatic nitrogens is 1. The average Bonchev–Trinajstić information content (AvgIpc) is 2.79. The number of amides is 1. The van der Waals surface area contributed by atoms with Crippen molar-refractivity contribution in [2.24, 2.45) is 5.92 Å². The van der Waals surface area contributed by atoms with Crippen LogP contribution in [0.4, 0.5) is 18.9 Å². The zero-order chi connectivity index (χ0) is 26.8. The largest absolute Gasteiger partial charge is 0.417 e. The van der Waals surface area contributed by atoms with Crippen molar-refractivity contribution in [3.63, 3.8) is 0 Å². The van der Waals surface area contributed by atoms with Crippen molar-refractivity contribution in [2.45, 2.75) is 71.3 Å². The van der Waals surface area contributed by atoms with E-state index >= 15 is 0 Å². The van der Waals surface area contributed by atoms with Crippen molar-refractivity contribution in [3.05, 3.63) is 61.5 Å². The molecule has 0 spiro atoms. The highest BCUT2D eigenvalue weighted by Crippen LogP contribution is 2.33. The Morgan fingerprint density at radius 2 is 1.81 bits per heavy atom. The van der Waals surface area contributed by atoms with Crippen LogP contribution in [0, 0.1) is 19.8 Å². The minimum atomic E-state index is -4.72. The van der Waals surface area contributed by atoms with Gasteiger partial charge in [0.05, 0.1) is 5.56 Å². The summed E-state index contributed by atoms with van der Waals surface area (Å²) in [6, 6.07) is 4.84. The molecule has 1 saturated carbocycles. The van der Waals surface area contributed by atoms with E-state index in [9.17, 15) is 22.8 Å². The van der Waals surface area contributed by atoms with Gasteiger partial charge in [-0.1, -0.05) is 11.6 Å². The minimum absolute atomic E-state index is 0.0909. The molecule has 1 atom stereocenters. The van der Waals surface area contributed by atoms with Crippen LogP contribution in [0.25, 0.3) is 0 Å². The number of H-pyrrole nitrogens is 1. The maximum Gasteiger partial charge on any atom is 0.417 e. The lowest BCUT2D eigenvalue weighted by Gasteiger charge is -2.36. The van der Waals surface area contributed by atoms with Gasteiger partial charge >= 0.3 is 6.18 Å². The fourth-order valence-corrected chi connectivity index (χ4v) is 5.17. The third-order valence-corrected chi connectivity index (χ3v) is 7.40. The lowest BCUT2D eigenvalue weighted by atomic mass is 9.81. The number of aromatic amines is 1. The Balaban J connectivity index is 1.75. The van der Waals surface area contributed by atoms with Crippen molar-refractivity contribution in [1.29, 1.82) is 0 Å². The van der Waals surface area contributed by atoms with E-state index in [0.29, 0.717) is 28.2 Å². The van der Waals surface area contributed by atoms with Gasteiger partial charge in [-0.15, -0.1) is 0 Å². The molecule has 10 heteroatoms. The summed E-state index contributed by atoms with van der Waals surface area (Å²) in [4.78, 5) is 29.8. The maximum atomic E-state index is 13.5. The molecule has 1 fully saturated rings. The highest BCUT2D eigenvalue weighted by atomic mass is 35.5. The van der Waals surface area contributed by atoms with E-state index in [0.717, 1.165) is 31.7 Å². The fourth-order valence-electron chi connectivity index (χ4n) is 4.95. The molecule has 3 N–H and O–H groups in total. The molecule has 3 rings (SSSR count). The molecule has 1 aromatic heterocycles. The van der Waals surface area contributed by atoms with Crippen molar-refractivity contribution >= 4 is 23.2 Å². The van der Waals surface area contributed by atoms with Gasteiger partial charge < -0.3 is 20.5 Å². The first kappa shape index (κ1) is 28.1. The Morgan fingerprint density at radius 3 is 2.39 bits per heavy atom. The lowest BCUT2D eigenvalue weighted by Crippen LogP contribution is -2.36. The van der Waals surface area contributed by atoms with Crippen molar-refractivity contribution < 1.29 is 18.0 Å². The van der Waals surface area contributed by atoms with E-state index in [1.807, 2.05) is 0 Å². The standard InChI is InChI=1S/C26H34ClF3N4O2/c1-14-10-22(26(28,29)30)21(25(36)32-14)13-31-24(35)20-11-18(27)12-23(15(20)2)33-16(3)17-6-8-19(9-7-17)34(4)5/h10-12,16-17,19,33H,6-9,13H2,1-5H3,(H,31,35)(H,32,36). The number of alkyl halides is 3. The zero-order valence-electron chi connectivity index (χ0n) is 21.3. The highest BCUT2D eigenvalue weighted by Gasteiger charge is 2.35. The molecule has 198 valence electrons. The first-order valence-corrected chi connectivity index (χ1v) is 12.5. The molecule has 0 saturated heterocycles. The summed E-state index contributed by atoms with van der Waals surface area (Å²) < 4.78 is 40.4. The molecular formula is C26H34ClF3N4O2. The monoisotopic (exact) mass is 526 g/mol. The van der Waals surface area contributed by atoms with Crippen molar-refractivity contribution in [3.8, 4) is 0 Å². The van der Waals surface area contributed by atoms with Crippen LogP contribution in [0.1, 0.15) is 65.3 Å². The van der Waals surface area contributed by atoms with E-state index in [1.54, 1.807) is 13.0 Å². The van der Waals surface area contributed by atoms with Crippen LogP contribution in [0.5, 0.6) is 0 Å². The number of halogens is 4. The summed E-state index contributed by atoms with van der Waals surface area (Å²) in [6.07, 6.45) is -0.273. The van der Waals surface area contributed by atoms with Gasteiger partial charge in [0, 0.05) is 46.2 Å². The number of carbonyl (C=O) groups excluding carboxylic acids is 1. The summed E-state index contributed by atoms with van der Waals surface area (Å²) >= 11 is 6.30. The van der Waals surface area contributed by atoms with E-state index in [4.69, 9.17) is 11.6 Å². The predicted octanol–water partition coefficient (Wildman–Crippen LogP) is 5.51. The highest BCUT2D eigenvalue weighted by molar-refractivity contribution is 6.31. The topological polar surface area (TPSA) is 77.2 Å². The van der Waals surface area contributed by atoms with Gasteiger partial charge in [-0.25, -0.2) is 0 Å². The molecule has 36 heavy (non-hydrogen) atoms. The van der Waals surface area contributed by atoms with Crippen LogP contribution in [-0.4, -0.2) is 42.0 Å². The van der Waals surface area contributed by atoms with Gasteiger partial charge in [0.15, 0.2) is 0 Å². The van der Waals surface area contributed by atoms with Crippen molar-refractivity contribution in [2.75, 3.05) is 19.4 Å². The van der Waals surface area contributed by atoms with Gasteiger partial charge in [-0.2, -0.15) is 13.2 Å². The number of anilines is 1. The summed E-state index contributed by atoms with van der Waals surface area (Å²) in [5.41, 5.74) is -0.809. The Bertz CT molecular complexity index is 1160. The minimum Gasteiger partial charge on any atom is -0.382 e. The van der Waals surface area contributed by atoms with Crippen LogP contribution in [-0.2, 0) is 12.7 Å². The lowest BCUT2D eigenvalue weighted by molar-refractivity contribution is -0.138. The molecule has 0 radical (unpaired) electrons. The number of nitrogens with zero attached hydrogens (tertiary/aromatic N) is 1. The molecule has 1 aliphatic rings. The Labute approximate surface area is 214 Å². The second-order valence-electron chi connectivity index (χ2n) is 9.95. The van der Waals surface area contributed by atoms with Gasteiger partial charge in [-0.3, -0.25) is 9.59 Å². The molecule has 0 bridgehead atoms. The summed E-state index contributed by atoms with van der Waals surface area (Å²) in [5.74, 6) is -0.129. The number of pyridine rings is 1. The molecular weight excluding hydrogens is 493 g/mol. The number of benzene rings is 1. The number of carbonyl (C=O) groups is 1. The predicted molar refractivity (Wildman–Crippen MR) is 137 cm³/mol. The van der Waals surface area contributed by atoms with Crippen LogP contribution in [0.15, 0.2) is 23.0 Å². The molecule has 1 unspecified atom stereocenters. The number of rotatable bonds is 7. The summed E-state index contributed by atoms with van der Waals surface area (Å²) in [7, 11) is 4.21. The Morgan fingerprint density at radius 1 is 1.17 bits per heavy atom. The molecule has 1 heterocycles. The zero-order valence-corrected chi connectivity index (χ0v) is 22.0. The molecule has 6 nitrogen and oxygen atoms in total. The first-order chi connectivity index (χ1) is 16.8. The van der Waals surface area contributed by atoms with Crippen molar-refractivity contribution in [1.82, 2.24) is 15.2 Å². The number of hydrogen-bond acceptors (Lipinski definition) is 4. The van der Waals surface area contributed by atoms with Gasteiger partial charge in [0.1, 0.15) is 0 Å². The second-order valence-corrected chi connectivity index (χ2v) is 10.4. The third kappa shape index (κ3) is 6.62. The molecule has 1 aromatic carbocycles.